The number of pyridine rings is 2. The minimum Gasteiger partial charge on any atom is -0.562 e. The van der Waals surface area contributed by atoms with Crippen LogP contribution in [0.2, 0.25) is 0 Å². The van der Waals surface area contributed by atoms with Crippen molar-refractivity contribution in [3.05, 3.63) is 60.4 Å². The number of aromatic nitrogens is 2. The maximum absolute atomic E-state index is 10.2. The first-order valence-corrected chi connectivity index (χ1v) is 6.84. The zero-order valence-electron chi connectivity index (χ0n) is 12.6. The number of hydrogen-bond acceptors (Lipinski definition) is 3. The molecule has 0 aromatic carbocycles. The van der Waals surface area contributed by atoms with Crippen molar-refractivity contribution in [2.75, 3.05) is 0 Å². The Bertz CT molecular complexity index is 534. The Labute approximate surface area is 141 Å². The largest absolute Gasteiger partial charge is 0.562 e. The molecule has 0 saturated carbocycles. The van der Waals surface area contributed by atoms with Crippen LogP contribution >= 0.6 is 0 Å². The fourth-order valence-electron chi connectivity index (χ4n) is 1.59. The maximum Gasteiger partial charge on any atom is 0.168 e. The van der Waals surface area contributed by atoms with Crippen molar-refractivity contribution >= 4 is 5.97 Å². The number of carboxylic acids is 1. The molecule has 0 radical (unpaired) electrons. The topological polar surface area (TPSA) is 63.1 Å². The summed E-state index contributed by atoms with van der Waals surface area (Å²) in [6, 6.07) is 11.6. The predicted octanol–water partition coefficient (Wildman–Crippen LogP) is 3.76. The summed E-state index contributed by atoms with van der Waals surface area (Å²) in [6.45, 7) is 3.69. The third-order valence-corrected chi connectivity index (χ3v) is 2.59. The van der Waals surface area contributed by atoms with Crippen LogP contribution in [-0.4, -0.2) is 21.0 Å². The molecule has 2 aromatic rings. The van der Waals surface area contributed by atoms with Crippen LogP contribution in [0.5, 0.6) is 0 Å². The Hall–Kier alpha value is -2.00. The van der Waals surface area contributed by atoms with Crippen molar-refractivity contribution in [3.63, 3.8) is 0 Å². The molecule has 0 unspecified atom stereocenters. The van der Waals surface area contributed by atoms with Gasteiger partial charge < -0.3 is 9.90 Å². The first kappa shape index (κ1) is 20.0. The molecule has 0 bridgehead atoms. The van der Waals surface area contributed by atoms with Crippen molar-refractivity contribution in [2.45, 2.75) is 26.7 Å². The van der Waals surface area contributed by atoms with E-state index >= 15 is 0 Å². The first-order valence-electron chi connectivity index (χ1n) is 6.84. The van der Waals surface area contributed by atoms with E-state index in [4.69, 9.17) is 5.11 Å². The van der Waals surface area contributed by atoms with E-state index in [0.717, 1.165) is 11.4 Å². The summed E-state index contributed by atoms with van der Waals surface area (Å²) in [7, 11) is 0. The van der Waals surface area contributed by atoms with Gasteiger partial charge in [-0.1, -0.05) is 32.4 Å². The Morgan fingerprint density at radius 3 is 1.77 bits per heavy atom. The molecule has 0 spiro atoms. The van der Waals surface area contributed by atoms with Gasteiger partial charge in [0.15, 0.2) is 5.97 Å². The van der Waals surface area contributed by atoms with Crippen LogP contribution in [0.25, 0.3) is 11.4 Å². The number of aliphatic carboxylic acids is 1. The Balaban J connectivity index is 0.000000402. The van der Waals surface area contributed by atoms with Crippen molar-refractivity contribution in [1.82, 2.24) is 9.97 Å². The standard InChI is InChI=1S/C10H8N2.C7H11O2.Ni/c1-3-7-11-9(5-1)10-6-2-4-8-12-10;1-3-5-6(4-2)7(8)9;/h1-8H;3-4H2,1-2H3,(H,8,9);/q;-1;. The second-order valence-electron chi connectivity index (χ2n) is 4.10. The smallest absolute Gasteiger partial charge is 0.168 e. The second kappa shape index (κ2) is 11.6. The van der Waals surface area contributed by atoms with Crippen molar-refractivity contribution in [2.24, 2.45) is 0 Å². The summed E-state index contributed by atoms with van der Waals surface area (Å²) in [4.78, 5) is 18.6. The van der Waals surface area contributed by atoms with E-state index in [1.165, 1.54) is 0 Å². The van der Waals surface area contributed by atoms with E-state index in [9.17, 15) is 4.79 Å². The van der Waals surface area contributed by atoms with Gasteiger partial charge in [0.1, 0.15) is 0 Å². The van der Waals surface area contributed by atoms with Crippen molar-refractivity contribution in [3.8, 4) is 11.4 Å². The summed E-state index contributed by atoms with van der Waals surface area (Å²) in [5, 5.41) is 8.40. The van der Waals surface area contributed by atoms with Gasteiger partial charge in [-0.3, -0.25) is 16.0 Å². The van der Waals surface area contributed by atoms with Gasteiger partial charge >= 0.3 is 0 Å². The maximum atomic E-state index is 10.2. The number of nitrogens with zero attached hydrogens (tertiary/aromatic N) is 2. The van der Waals surface area contributed by atoms with Gasteiger partial charge in [-0.2, -0.15) is 0 Å². The van der Waals surface area contributed by atoms with Gasteiger partial charge in [0.25, 0.3) is 0 Å². The molecule has 0 aliphatic carbocycles. The molecule has 5 heteroatoms. The Morgan fingerprint density at radius 1 is 1.05 bits per heavy atom. The quantitative estimate of drug-likeness (QED) is 0.522. The van der Waals surface area contributed by atoms with Crippen molar-refractivity contribution in [1.29, 1.82) is 0 Å². The van der Waals surface area contributed by atoms with Gasteiger partial charge in [0, 0.05) is 28.9 Å². The second-order valence-corrected chi connectivity index (χ2v) is 4.10. The summed E-state index contributed by atoms with van der Waals surface area (Å²) >= 11 is 0. The van der Waals surface area contributed by atoms with E-state index in [2.05, 4.69) is 16.0 Å². The molecule has 0 atom stereocenters. The minimum absolute atomic E-state index is 0. The Kier molecular flexibility index (Phi) is 10.6. The number of carboxylic acid groups (broad SMARTS) is 1. The minimum atomic E-state index is -0.848. The zero-order valence-corrected chi connectivity index (χ0v) is 13.6. The number of hydrogen-bond donors (Lipinski definition) is 1. The zero-order chi connectivity index (χ0) is 15.5. The van der Waals surface area contributed by atoms with Gasteiger partial charge in [-0.25, -0.2) is 0 Å². The van der Waals surface area contributed by atoms with Crippen LogP contribution in [0.3, 0.4) is 0 Å². The average molecular weight is 342 g/mol. The van der Waals surface area contributed by atoms with Crippen molar-refractivity contribution < 1.29 is 26.4 Å². The first-order chi connectivity index (χ1) is 10.2. The van der Waals surface area contributed by atoms with Gasteiger partial charge in [-0.15, -0.1) is 12.0 Å². The molecule has 0 amide bonds. The Morgan fingerprint density at radius 2 is 1.55 bits per heavy atom. The molecule has 2 rings (SSSR count). The van der Waals surface area contributed by atoms with E-state index in [1.807, 2.05) is 50.2 Å². The van der Waals surface area contributed by atoms with Crippen LogP contribution in [-0.2, 0) is 21.3 Å². The van der Waals surface area contributed by atoms with Crippen LogP contribution < -0.4 is 0 Å². The van der Waals surface area contributed by atoms with Gasteiger partial charge in [0.2, 0.25) is 0 Å². The van der Waals surface area contributed by atoms with Crippen LogP contribution in [0, 0.1) is 6.08 Å². The molecule has 0 aliphatic rings. The molecule has 0 saturated heterocycles. The van der Waals surface area contributed by atoms with Gasteiger partial charge in [-0.05, 0) is 24.3 Å². The number of allylic oxidation sites excluding steroid dienone is 1. The van der Waals surface area contributed by atoms with Gasteiger partial charge in [0.05, 0.1) is 11.4 Å². The van der Waals surface area contributed by atoms with E-state index in [-0.39, 0.29) is 16.5 Å². The van der Waals surface area contributed by atoms with Crippen LogP contribution in [0.4, 0.5) is 0 Å². The predicted molar refractivity (Wildman–Crippen MR) is 82.4 cm³/mol. The monoisotopic (exact) mass is 341 g/mol. The summed E-state index contributed by atoms with van der Waals surface area (Å²) in [5.41, 5.74) is 2.22. The molecular formula is C17H19N2NiO2-. The molecular weight excluding hydrogens is 323 g/mol. The molecule has 2 aromatic heterocycles. The van der Waals surface area contributed by atoms with E-state index < -0.39 is 5.97 Å². The number of carbonyl (C=O) groups is 1. The molecule has 0 fully saturated rings. The van der Waals surface area contributed by atoms with Crippen LogP contribution in [0.15, 0.2) is 54.4 Å². The summed E-state index contributed by atoms with van der Waals surface area (Å²) in [6.07, 6.45) is 7.52. The van der Waals surface area contributed by atoms with E-state index in [0.29, 0.717) is 18.4 Å². The summed E-state index contributed by atoms with van der Waals surface area (Å²) in [5.74, 6) is -0.848. The molecule has 1 N–H and O–H groups in total. The third-order valence-electron chi connectivity index (χ3n) is 2.59. The fourth-order valence-corrected chi connectivity index (χ4v) is 1.59. The fraction of sp³-hybridized carbons (Fsp3) is 0.235. The SMILES string of the molecule is CC[C-]=C(CC)C(=O)O.[Ni].c1ccc(-c2ccccn2)nc1. The average Bonchev–Trinajstić information content (AvgIpc) is 2.54. The third kappa shape index (κ3) is 7.14. The molecule has 22 heavy (non-hydrogen) atoms. The summed E-state index contributed by atoms with van der Waals surface area (Å²) < 4.78 is 0. The van der Waals surface area contributed by atoms with E-state index in [1.54, 1.807) is 12.4 Å². The molecule has 120 valence electrons. The molecule has 2 heterocycles. The van der Waals surface area contributed by atoms with Crippen LogP contribution in [0.1, 0.15) is 26.7 Å². The molecule has 4 nitrogen and oxygen atoms in total. The molecule has 0 aliphatic heterocycles. The normalized spacial score (nSPS) is 10.0. The number of rotatable bonds is 4.